The Morgan fingerprint density at radius 2 is 2.05 bits per heavy atom. The Hall–Kier alpha value is -1.62. The summed E-state index contributed by atoms with van der Waals surface area (Å²) in [5.74, 6) is 0.877. The summed E-state index contributed by atoms with van der Waals surface area (Å²) >= 11 is 4.99. The van der Waals surface area contributed by atoms with Gasteiger partial charge in [0.1, 0.15) is 5.75 Å². The molecule has 0 bridgehead atoms. The first-order valence-corrected chi connectivity index (χ1v) is 6.90. The third-order valence-electron chi connectivity index (χ3n) is 2.51. The molecule has 104 valence electrons. The number of nitrogens with one attached hydrogen (secondary N) is 2. The molecule has 2 N–H and O–H groups in total. The maximum atomic E-state index is 5.70. The zero-order valence-corrected chi connectivity index (χ0v) is 12.5. The molecule has 0 aromatic heterocycles. The van der Waals surface area contributed by atoms with Crippen molar-refractivity contribution in [1.29, 1.82) is 0 Å². The molecule has 0 unspecified atom stereocenters. The van der Waals surface area contributed by atoms with Gasteiger partial charge in [-0.2, -0.15) is 5.10 Å². The van der Waals surface area contributed by atoms with Crippen LogP contribution in [-0.2, 0) is 0 Å². The Morgan fingerprint density at radius 1 is 1.37 bits per heavy atom. The summed E-state index contributed by atoms with van der Waals surface area (Å²) in [6.07, 6.45) is 2.95. The molecule has 0 radical (unpaired) electrons. The van der Waals surface area contributed by atoms with Crippen molar-refractivity contribution in [2.75, 3.05) is 6.54 Å². The highest BCUT2D eigenvalue weighted by atomic mass is 32.1. The van der Waals surface area contributed by atoms with Crippen molar-refractivity contribution in [2.45, 2.75) is 33.3 Å². The summed E-state index contributed by atoms with van der Waals surface area (Å²) in [6, 6.07) is 7.80. The van der Waals surface area contributed by atoms with Crippen molar-refractivity contribution < 1.29 is 4.74 Å². The van der Waals surface area contributed by atoms with Crippen molar-refractivity contribution in [3.63, 3.8) is 0 Å². The van der Waals surface area contributed by atoms with E-state index in [4.69, 9.17) is 17.0 Å². The van der Waals surface area contributed by atoms with E-state index >= 15 is 0 Å². The van der Waals surface area contributed by atoms with E-state index in [0.29, 0.717) is 5.11 Å². The maximum absolute atomic E-state index is 5.70. The molecular weight excluding hydrogens is 258 g/mol. The number of hydrogen-bond acceptors (Lipinski definition) is 3. The molecule has 0 saturated heterocycles. The molecule has 4 nitrogen and oxygen atoms in total. The average molecular weight is 279 g/mol. The lowest BCUT2D eigenvalue weighted by Crippen LogP contribution is -2.31. The summed E-state index contributed by atoms with van der Waals surface area (Å²) in [5, 5.41) is 7.53. The second-order valence-electron chi connectivity index (χ2n) is 4.14. The SMILES string of the molecule is CCNC(=S)N/N=C\c1ccc(O[C@@H](C)CC)cc1. The molecule has 1 aromatic carbocycles. The number of nitrogens with zero attached hydrogens (tertiary/aromatic N) is 1. The third kappa shape index (κ3) is 6.20. The van der Waals surface area contributed by atoms with Crippen molar-refractivity contribution in [2.24, 2.45) is 5.10 Å². The lowest BCUT2D eigenvalue weighted by molar-refractivity contribution is 0.217. The molecule has 0 fully saturated rings. The maximum Gasteiger partial charge on any atom is 0.186 e. The van der Waals surface area contributed by atoms with E-state index in [1.165, 1.54) is 0 Å². The fourth-order valence-electron chi connectivity index (χ4n) is 1.31. The molecule has 0 amide bonds. The van der Waals surface area contributed by atoms with Gasteiger partial charge >= 0.3 is 0 Å². The van der Waals surface area contributed by atoms with Gasteiger partial charge in [-0.25, -0.2) is 0 Å². The highest BCUT2D eigenvalue weighted by molar-refractivity contribution is 7.80. The Bertz CT molecular complexity index is 417. The highest BCUT2D eigenvalue weighted by Crippen LogP contribution is 2.13. The molecule has 0 heterocycles. The number of rotatable bonds is 6. The van der Waals surface area contributed by atoms with E-state index in [1.807, 2.05) is 31.2 Å². The molecule has 0 spiro atoms. The molecule has 1 rings (SSSR count). The van der Waals surface area contributed by atoms with Crippen LogP contribution in [-0.4, -0.2) is 24.0 Å². The molecular formula is C14H21N3OS. The predicted octanol–water partition coefficient (Wildman–Crippen LogP) is 2.68. The number of benzene rings is 1. The molecule has 1 aromatic rings. The fourth-order valence-corrected chi connectivity index (χ4v) is 1.51. The van der Waals surface area contributed by atoms with Crippen LogP contribution in [0.2, 0.25) is 0 Å². The Balaban J connectivity index is 2.47. The first kappa shape index (κ1) is 15.4. The molecule has 19 heavy (non-hydrogen) atoms. The fraction of sp³-hybridized carbons (Fsp3) is 0.429. The van der Waals surface area contributed by atoms with Crippen molar-refractivity contribution in [3.8, 4) is 5.75 Å². The Kier molecular flexibility index (Phi) is 6.89. The van der Waals surface area contributed by atoms with Crippen LogP contribution in [0.3, 0.4) is 0 Å². The van der Waals surface area contributed by atoms with Gasteiger partial charge in [-0.15, -0.1) is 0 Å². The Labute approximate surface area is 120 Å². The van der Waals surface area contributed by atoms with Crippen molar-refractivity contribution >= 4 is 23.5 Å². The van der Waals surface area contributed by atoms with Crippen LogP contribution >= 0.6 is 12.2 Å². The van der Waals surface area contributed by atoms with E-state index in [0.717, 1.165) is 24.3 Å². The molecule has 1 atom stereocenters. The minimum absolute atomic E-state index is 0.235. The molecule has 5 heteroatoms. The first-order valence-electron chi connectivity index (χ1n) is 6.49. The van der Waals surface area contributed by atoms with Gasteiger partial charge < -0.3 is 10.1 Å². The van der Waals surface area contributed by atoms with Gasteiger partial charge in [-0.3, -0.25) is 5.43 Å². The summed E-state index contributed by atoms with van der Waals surface area (Å²) in [7, 11) is 0. The van der Waals surface area contributed by atoms with Crippen LogP contribution in [0.1, 0.15) is 32.8 Å². The largest absolute Gasteiger partial charge is 0.491 e. The average Bonchev–Trinajstić information content (AvgIpc) is 2.41. The van der Waals surface area contributed by atoms with E-state index in [-0.39, 0.29) is 6.10 Å². The van der Waals surface area contributed by atoms with Gasteiger partial charge in [0.05, 0.1) is 12.3 Å². The normalized spacial score (nSPS) is 12.2. The smallest absolute Gasteiger partial charge is 0.186 e. The van der Waals surface area contributed by atoms with Gasteiger partial charge in [0.25, 0.3) is 0 Å². The minimum Gasteiger partial charge on any atom is -0.491 e. The zero-order chi connectivity index (χ0) is 14.1. The van der Waals surface area contributed by atoms with Crippen LogP contribution in [0, 0.1) is 0 Å². The van der Waals surface area contributed by atoms with Gasteiger partial charge in [0, 0.05) is 6.54 Å². The van der Waals surface area contributed by atoms with Gasteiger partial charge in [-0.05, 0) is 62.3 Å². The second kappa shape index (κ2) is 8.48. The van der Waals surface area contributed by atoms with Crippen LogP contribution in [0.5, 0.6) is 5.75 Å². The number of hydrogen-bond donors (Lipinski definition) is 2. The molecule has 0 aliphatic carbocycles. The zero-order valence-electron chi connectivity index (χ0n) is 11.6. The third-order valence-corrected chi connectivity index (χ3v) is 2.74. The first-order chi connectivity index (χ1) is 9.15. The van der Waals surface area contributed by atoms with Crippen LogP contribution < -0.4 is 15.5 Å². The van der Waals surface area contributed by atoms with E-state index in [1.54, 1.807) is 6.21 Å². The van der Waals surface area contributed by atoms with E-state index in [9.17, 15) is 0 Å². The van der Waals surface area contributed by atoms with E-state index < -0.39 is 0 Å². The van der Waals surface area contributed by atoms with Crippen LogP contribution in [0.25, 0.3) is 0 Å². The quantitative estimate of drug-likeness (QED) is 0.477. The van der Waals surface area contributed by atoms with Gasteiger partial charge in [0.2, 0.25) is 0 Å². The lowest BCUT2D eigenvalue weighted by atomic mass is 10.2. The van der Waals surface area contributed by atoms with Crippen molar-refractivity contribution in [1.82, 2.24) is 10.7 Å². The minimum atomic E-state index is 0.235. The second-order valence-corrected chi connectivity index (χ2v) is 4.54. The number of thiocarbonyl (C=S) groups is 1. The predicted molar refractivity (Wildman–Crippen MR) is 83.8 cm³/mol. The molecule has 0 aliphatic rings. The summed E-state index contributed by atoms with van der Waals surface area (Å²) < 4.78 is 5.70. The van der Waals surface area contributed by atoms with E-state index in [2.05, 4.69) is 29.7 Å². The van der Waals surface area contributed by atoms with Gasteiger partial charge in [0.15, 0.2) is 5.11 Å². The summed E-state index contributed by atoms with van der Waals surface area (Å²) in [5.41, 5.74) is 3.74. The lowest BCUT2D eigenvalue weighted by Gasteiger charge is -2.12. The van der Waals surface area contributed by atoms with Crippen LogP contribution in [0.15, 0.2) is 29.4 Å². The number of hydrazone groups is 1. The highest BCUT2D eigenvalue weighted by Gasteiger charge is 2.00. The molecule has 0 aliphatic heterocycles. The number of ether oxygens (including phenoxy) is 1. The summed E-state index contributed by atoms with van der Waals surface area (Å²) in [4.78, 5) is 0. The van der Waals surface area contributed by atoms with Crippen molar-refractivity contribution in [3.05, 3.63) is 29.8 Å². The topological polar surface area (TPSA) is 45.7 Å². The monoisotopic (exact) mass is 279 g/mol. The molecule has 0 saturated carbocycles. The van der Waals surface area contributed by atoms with Crippen LogP contribution in [0.4, 0.5) is 0 Å². The van der Waals surface area contributed by atoms with Gasteiger partial charge in [-0.1, -0.05) is 6.92 Å². The summed E-state index contributed by atoms with van der Waals surface area (Å²) in [6.45, 7) is 6.92. The standard InChI is InChI=1S/C14H21N3OS/c1-4-11(3)18-13-8-6-12(7-9-13)10-16-17-14(19)15-5-2/h6-11H,4-5H2,1-3H3,(H2,15,17,19)/b16-10-/t11-/m0/s1. The Morgan fingerprint density at radius 3 is 2.63 bits per heavy atom.